The molecule has 0 radical (unpaired) electrons. The quantitative estimate of drug-likeness (QED) is 0.714. The summed E-state index contributed by atoms with van der Waals surface area (Å²) in [4.78, 5) is 17.9. The Balaban J connectivity index is 1.45. The molecule has 0 aromatic heterocycles. The molecule has 1 amide bonds. The van der Waals surface area contributed by atoms with E-state index >= 15 is 0 Å². The summed E-state index contributed by atoms with van der Waals surface area (Å²) in [5.74, 6) is 0.373. The van der Waals surface area contributed by atoms with Crippen LogP contribution in [0.1, 0.15) is 83.5 Å². The van der Waals surface area contributed by atoms with E-state index in [1.54, 1.807) is 0 Å². The lowest BCUT2D eigenvalue weighted by molar-refractivity contribution is -0.137. The summed E-state index contributed by atoms with van der Waals surface area (Å²) in [5, 5.41) is 3.46. The molecule has 0 atom stereocenters. The summed E-state index contributed by atoms with van der Waals surface area (Å²) in [6.45, 7) is 5.08. The topological polar surface area (TPSA) is 35.6 Å². The van der Waals surface area contributed by atoms with E-state index in [9.17, 15) is 4.79 Å². The van der Waals surface area contributed by atoms with Crippen LogP contribution in [-0.4, -0.2) is 60.5 Å². The molecule has 4 nitrogen and oxygen atoms in total. The molecule has 2 aliphatic carbocycles. The third-order valence-corrected chi connectivity index (χ3v) is 6.55. The Morgan fingerprint density at radius 2 is 1.32 bits per heavy atom. The number of rotatable bonds is 7. The minimum absolute atomic E-state index is 0.373. The fourth-order valence-corrected chi connectivity index (χ4v) is 5.13. The van der Waals surface area contributed by atoms with Crippen molar-refractivity contribution in [3.8, 4) is 0 Å². The Hall–Kier alpha value is -0.610. The normalized spacial score (nSPS) is 24.3. The van der Waals surface area contributed by atoms with Crippen molar-refractivity contribution in [2.24, 2.45) is 0 Å². The van der Waals surface area contributed by atoms with Gasteiger partial charge in [-0.15, -0.1) is 0 Å². The largest absolute Gasteiger partial charge is 0.336 e. The smallest absolute Gasteiger partial charge is 0.237 e. The van der Waals surface area contributed by atoms with E-state index in [-0.39, 0.29) is 0 Å². The fourth-order valence-electron chi connectivity index (χ4n) is 5.13. The number of nitrogens with one attached hydrogen (secondary N) is 1. The highest BCUT2D eigenvalue weighted by Crippen LogP contribution is 2.30. The van der Waals surface area contributed by atoms with Gasteiger partial charge in [0.25, 0.3) is 0 Å². The number of hydrogen-bond donors (Lipinski definition) is 1. The molecule has 25 heavy (non-hydrogen) atoms. The first-order chi connectivity index (χ1) is 12.3. The Kier molecular flexibility index (Phi) is 8.06. The third kappa shape index (κ3) is 5.96. The molecule has 1 heterocycles. The van der Waals surface area contributed by atoms with Crippen molar-refractivity contribution in [3.63, 3.8) is 0 Å². The monoisotopic (exact) mass is 349 g/mol. The predicted molar refractivity (Wildman–Crippen MR) is 104 cm³/mol. The highest BCUT2D eigenvalue weighted by Gasteiger charge is 2.31. The first-order valence-corrected chi connectivity index (χ1v) is 11.1. The van der Waals surface area contributed by atoms with E-state index in [1.165, 1.54) is 96.6 Å². The standard InChI is InChI=1S/C21H39N3O/c25-21(18-22-14-17-23-15-8-3-9-16-23)24(19-10-4-1-5-11-19)20-12-6-2-7-13-20/h19-20,22H,1-18H2. The first kappa shape index (κ1) is 19.2. The molecule has 0 aromatic carbocycles. The molecule has 0 spiro atoms. The highest BCUT2D eigenvalue weighted by molar-refractivity contribution is 5.79. The minimum Gasteiger partial charge on any atom is -0.336 e. The van der Waals surface area contributed by atoms with Gasteiger partial charge >= 0.3 is 0 Å². The Morgan fingerprint density at radius 3 is 1.88 bits per heavy atom. The number of hydrogen-bond acceptors (Lipinski definition) is 3. The summed E-state index contributed by atoms with van der Waals surface area (Å²) < 4.78 is 0. The van der Waals surface area contributed by atoms with Crippen molar-refractivity contribution in [2.45, 2.75) is 95.6 Å². The summed E-state index contributed by atoms with van der Waals surface area (Å²) >= 11 is 0. The lowest BCUT2D eigenvalue weighted by Crippen LogP contribution is -2.52. The maximum absolute atomic E-state index is 13.0. The number of carbonyl (C=O) groups excluding carboxylic acids is 1. The lowest BCUT2D eigenvalue weighted by atomic mass is 9.88. The van der Waals surface area contributed by atoms with Crippen LogP contribution in [0, 0.1) is 0 Å². The van der Waals surface area contributed by atoms with Gasteiger partial charge in [-0.1, -0.05) is 44.9 Å². The molecule has 4 heteroatoms. The zero-order valence-electron chi connectivity index (χ0n) is 16.2. The molecule has 3 aliphatic rings. The minimum atomic E-state index is 0.373. The van der Waals surface area contributed by atoms with E-state index in [4.69, 9.17) is 0 Å². The predicted octanol–water partition coefficient (Wildman–Crippen LogP) is 3.56. The number of amides is 1. The molecule has 2 saturated carbocycles. The van der Waals surface area contributed by atoms with E-state index in [0.717, 1.165) is 13.1 Å². The van der Waals surface area contributed by atoms with Gasteiger partial charge in [-0.25, -0.2) is 0 Å². The highest BCUT2D eigenvalue weighted by atomic mass is 16.2. The van der Waals surface area contributed by atoms with Gasteiger partial charge in [0, 0.05) is 25.2 Å². The molecule has 0 unspecified atom stereocenters. The van der Waals surface area contributed by atoms with Crippen molar-refractivity contribution in [1.82, 2.24) is 15.1 Å². The zero-order valence-corrected chi connectivity index (χ0v) is 16.2. The second-order valence-corrected chi connectivity index (χ2v) is 8.46. The van der Waals surface area contributed by atoms with Gasteiger partial charge in [0.1, 0.15) is 0 Å². The van der Waals surface area contributed by atoms with Crippen LogP contribution < -0.4 is 5.32 Å². The summed E-state index contributed by atoms with van der Waals surface area (Å²) in [6.07, 6.45) is 17.0. The number of piperidine rings is 1. The molecule has 3 rings (SSSR count). The summed E-state index contributed by atoms with van der Waals surface area (Å²) in [6, 6.07) is 1.04. The first-order valence-electron chi connectivity index (χ1n) is 11.1. The average Bonchev–Trinajstić information content (AvgIpc) is 2.68. The molecule has 1 aliphatic heterocycles. The lowest BCUT2D eigenvalue weighted by Gasteiger charge is -2.42. The maximum Gasteiger partial charge on any atom is 0.237 e. The van der Waals surface area contributed by atoms with E-state index < -0.39 is 0 Å². The molecular weight excluding hydrogens is 310 g/mol. The molecule has 0 bridgehead atoms. The molecule has 0 aromatic rings. The van der Waals surface area contributed by atoms with Crippen molar-refractivity contribution < 1.29 is 4.79 Å². The molecule has 1 N–H and O–H groups in total. The van der Waals surface area contributed by atoms with Crippen LogP contribution in [0.5, 0.6) is 0 Å². The van der Waals surface area contributed by atoms with Crippen molar-refractivity contribution in [1.29, 1.82) is 0 Å². The van der Waals surface area contributed by atoms with Gasteiger partial charge in [0.15, 0.2) is 0 Å². The fraction of sp³-hybridized carbons (Fsp3) is 0.952. The van der Waals surface area contributed by atoms with Gasteiger partial charge in [-0.2, -0.15) is 0 Å². The van der Waals surface area contributed by atoms with Crippen LogP contribution in [0.3, 0.4) is 0 Å². The zero-order chi connectivity index (χ0) is 17.3. The average molecular weight is 350 g/mol. The van der Waals surface area contributed by atoms with E-state index in [0.29, 0.717) is 24.5 Å². The summed E-state index contributed by atoms with van der Waals surface area (Å²) in [5.41, 5.74) is 0. The number of likely N-dealkylation sites (tertiary alicyclic amines) is 1. The van der Waals surface area contributed by atoms with Crippen LogP contribution >= 0.6 is 0 Å². The van der Waals surface area contributed by atoms with Gasteiger partial charge in [-0.3, -0.25) is 4.79 Å². The van der Waals surface area contributed by atoms with Crippen LogP contribution in [0.2, 0.25) is 0 Å². The van der Waals surface area contributed by atoms with Crippen LogP contribution in [0.4, 0.5) is 0 Å². The van der Waals surface area contributed by atoms with Crippen LogP contribution in [0.15, 0.2) is 0 Å². The van der Waals surface area contributed by atoms with E-state index in [1.807, 2.05) is 0 Å². The summed E-state index contributed by atoms with van der Waals surface area (Å²) in [7, 11) is 0. The second kappa shape index (κ2) is 10.5. The Morgan fingerprint density at radius 1 is 0.800 bits per heavy atom. The van der Waals surface area contributed by atoms with Crippen LogP contribution in [-0.2, 0) is 4.79 Å². The Labute approximate surface area is 154 Å². The second-order valence-electron chi connectivity index (χ2n) is 8.46. The number of nitrogens with zero attached hydrogens (tertiary/aromatic N) is 2. The van der Waals surface area contributed by atoms with Crippen LogP contribution in [0.25, 0.3) is 0 Å². The SMILES string of the molecule is O=C(CNCCN1CCCCC1)N(C1CCCCC1)C1CCCCC1. The maximum atomic E-state index is 13.0. The van der Waals surface area contributed by atoms with Gasteiger partial charge in [-0.05, 0) is 51.6 Å². The molecular formula is C21H39N3O. The molecule has 3 fully saturated rings. The third-order valence-electron chi connectivity index (χ3n) is 6.55. The van der Waals surface area contributed by atoms with Gasteiger partial charge in [0.05, 0.1) is 6.54 Å². The van der Waals surface area contributed by atoms with Crippen molar-refractivity contribution in [3.05, 3.63) is 0 Å². The molecule has 144 valence electrons. The van der Waals surface area contributed by atoms with Crippen molar-refractivity contribution >= 4 is 5.91 Å². The van der Waals surface area contributed by atoms with Crippen molar-refractivity contribution in [2.75, 3.05) is 32.7 Å². The molecule has 1 saturated heterocycles. The number of carbonyl (C=O) groups is 1. The Bertz CT molecular complexity index is 365. The van der Waals surface area contributed by atoms with Gasteiger partial charge in [0.2, 0.25) is 5.91 Å². The van der Waals surface area contributed by atoms with E-state index in [2.05, 4.69) is 15.1 Å². The van der Waals surface area contributed by atoms with Gasteiger partial charge < -0.3 is 15.1 Å².